The Hall–Kier alpha value is -3.09. The van der Waals surface area contributed by atoms with E-state index in [9.17, 15) is 4.39 Å². The molecule has 6 heteroatoms. The van der Waals surface area contributed by atoms with Crippen LogP contribution in [0.1, 0.15) is 29.8 Å². The third-order valence-electron chi connectivity index (χ3n) is 6.00. The Bertz CT molecular complexity index is 1040. The third-order valence-corrected chi connectivity index (χ3v) is 6.00. The summed E-state index contributed by atoms with van der Waals surface area (Å²) in [5.41, 5.74) is 3.35. The molecule has 1 heterocycles. The fourth-order valence-corrected chi connectivity index (χ4v) is 4.41. The molecular weight excluding hydrogens is 419 g/mol. The van der Waals surface area contributed by atoms with E-state index < -0.39 is 0 Å². The molecule has 1 fully saturated rings. The zero-order valence-electron chi connectivity index (χ0n) is 19.5. The predicted octanol–water partition coefficient (Wildman–Crippen LogP) is 5.26. The van der Waals surface area contributed by atoms with Crippen molar-refractivity contribution < 1.29 is 18.6 Å². The van der Waals surface area contributed by atoms with Gasteiger partial charge in [-0.15, -0.1) is 0 Å². The molecule has 0 radical (unpaired) electrons. The lowest BCUT2D eigenvalue weighted by Gasteiger charge is -2.32. The minimum atomic E-state index is -0.219. The number of nitrogens with zero attached hydrogens (tertiary/aromatic N) is 2. The second-order valence-electron chi connectivity index (χ2n) is 8.13. The molecule has 4 rings (SSSR count). The summed E-state index contributed by atoms with van der Waals surface area (Å²) in [6, 6.07) is 20.9. The average Bonchev–Trinajstić information content (AvgIpc) is 3.23. The summed E-state index contributed by atoms with van der Waals surface area (Å²) in [4.78, 5) is 4.84. The molecule has 1 aliphatic heterocycles. The van der Waals surface area contributed by atoms with Gasteiger partial charge in [-0.1, -0.05) is 24.3 Å². The van der Waals surface area contributed by atoms with Crippen LogP contribution in [0.4, 0.5) is 4.39 Å². The number of halogens is 1. The first-order valence-corrected chi connectivity index (χ1v) is 11.3. The first-order chi connectivity index (χ1) is 16.1. The molecule has 0 saturated carbocycles. The van der Waals surface area contributed by atoms with E-state index >= 15 is 0 Å². The molecule has 0 amide bonds. The second kappa shape index (κ2) is 10.7. The Morgan fingerprint density at radius 3 is 1.91 bits per heavy atom. The SMILES string of the molecule is CCOc1ccc(CN2CCN(Cc3ccc(F)cc3)[C@@H]2c2cc(OC)ccc2OC)cc1. The van der Waals surface area contributed by atoms with Gasteiger partial charge in [-0.05, 0) is 60.5 Å². The number of rotatable bonds is 9. The highest BCUT2D eigenvalue weighted by Crippen LogP contribution is 2.39. The predicted molar refractivity (Wildman–Crippen MR) is 127 cm³/mol. The highest BCUT2D eigenvalue weighted by molar-refractivity contribution is 5.43. The van der Waals surface area contributed by atoms with Crippen LogP contribution in [0.2, 0.25) is 0 Å². The van der Waals surface area contributed by atoms with E-state index in [1.165, 1.54) is 17.7 Å². The molecule has 33 heavy (non-hydrogen) atoms. The summed E-state index contributed by atoms with van der Waals surface area (Å²) in [5.74, 6) is 2.28. The lowest BCUT2D eigenvalue weighted by Crippen LogP contribution is -2.31. The lowest BCUT2D eigenvalue weighted by atomic mass is 10.1. The van der Waals surface area contributed by atoms with Gasteiger partial charge in [0.2, 0.25) is 0 Å². The summed E-state index contributed by atoms with van der Waals surface area (Å²) in [5, 5.41) is 0. The highest BCUT2D eigenvalue weighted by Gasteiger charge is 2.35. The standard InChI is InChI=1S/C27H31FN2O3/c1-4-33-23-11-7-21(8-12-23)19-30-16-15-29(18-20-5-9-22(28)10-6-20)27(30)25-17-24(31-2)13-14-26(25)32-3/h5-14,17,27H,4,15-16,18-19H2,1-3H3/t27-/m0/s1. The molecular formula is C27H31FN2O3. The smallest absolute Gasteiger partial charge is 0.125 e. The van der Waals surface area contributed by atoms with Crippen LogP contribution in [-0.2, 0) is 13.1 Å². The van der Waals surface area contributed by atoms with Gasteiger partial charge in [-0.25, -0.2) is 4.39 Å². The molecule has 1 atom stereocenters. The Morgan fingerprint density at radius 1 is 0.788 bits per heavy atom. The van der Waals surface area contributed by atoms with E-state index in [0.29, 0.717) is 13.2 Å². The molecule has 0 spiro atoms. The molecule has 1 saturated heterocycles. The van der Waals surface area contributed by atoms with E-state index in [4.69, 9.17) is 14.2 Å². The van der Waals surface area contributed by atoms with Crippen LogP contribution < -0.4 is 14.2 Å². The van der Waals surface area contributed by atoms with Crippen molar-refractivity contribution in [3.63, 3.8) is 0 Å². The topological polar surface area (TPSA) is 34.2 Å². The fourth-order valence-electron chi connectivity index (χ4n) is 4.41. The molecule has 0 aromatic heterocycles. The van der Waals surface area contributed by atoms with Crippen LogP contribution in [0.3, 0.4) is 0 Å². The van der Waals surface area contributed by atoms with Crippen LogP contribution in [0.15, 0.2) is 66.7 Å². The summed E-state index contributed by atoms with van der Waals surface area (Å²) in [6.07, 6.45) is -0.00771. The van der Waals surface area contributed by atoms with E-state index in [-0.39, 0.29) is 12.0 Å². The summed E-state index contributed by atoms with van der Waals surface area (Å²) in [7, 11) is 3.37. The normalized spacial score (nSPS) is 16.7. The Kier molecular flexibility index (Phi) is 7.47. The highest BCUT2D eigenvalue weighted by atomic mass is 19.1. The van der Waals surface area contributed by atoms with Gasteiger partial charge in [0.15, 0.2) is 0 Å². The molecule has 1 aliphatic rings. The zero-order valence-corrected chi connectivity index (χ0v) is 19.5. The number of hydrogen-bond donors (Lipinski definition) is 0. The largest absolute Gasteiger partial charge is 0.497 e. The maximum atomic E-state index is 13.4. The molecule has 3 aromatic carbocycles. The number of benzene rings is 3. The maximum Gasteiger partial charge on any atom is 0.125 e. The Morgan fingerprint density at radius 2 is 1.36 bits per heavy atom. The average molecular weight is 451 g/mol. The van der Waals surface area contributed by atoms with Crippen LogP contribution in [0, 0.1) is 5.82 Å². The second-order valence-corrected chi connectivity index (χ2v) is 8.13. The van der Waals surface area contributed by atoms with Crippen molar-refractivity contribution in [2.24, 2.45) is 0 Å². The van der Waals surface area contributed by atoms with Crippen LogP contribution in [-0.4, -0.2) is 43.7 Å². The molecule has 5 nitrogen and oxygen atoms in total. The van der Waals surface area contributed by atoms with Gasteiger partial charge in [0.25, 0.3) is 0 Å². The molecule has 174 valence electrons. The number of methoxy groups -OCH3 is 2. The monoisotopic (exact) mass is 450 g/mol. The Balaban J connectivity index is 1.64. The lowest BCUT2D eigenvalue weighted by molar-refractivity contribution is 0.122. The number of hydrogen-bond acceptors (Lipinski definition) is 5. The molecule has 0 bridgehead atoms. The van der Waals surface area contributed by atoms with Crippen molar-refractivity contribution in [3.05, 3.63) is 89.2 Å². The molecule has 0 unspecified atom stereocenters. The molecule has 0 N–H and O–H groups in total. The van der Waals surface area contributed by atoms with E-state index in [1.807, 2.05) is 43.3 Å². The van der Waals surface area contributed by atoms with Crippen molar-refractivity contribution >= 4 is 0 Å². The van der Waals surface area contributed by atoms with Crippen LogP contribution in [0.25, 0.3) is 0 Å². The van der Waals surface area contributed by atoms with Crippen molar-refractivity contribution in [1.82, 2.24) is 9.80 Å². The third kappa shape index (κ3) is 5.46. The van der Waals surface area contributed by atoms with Gasteiger partial charge in [0.05, 0.1) is 27.0 Å². The van der Waals surface area contributed by atoms with E-state index in [2.05, 4.69) is 28.0 Å². The van der Waals surface area contributed by atoms with Crippen LogP contribution >= 0.6 is 0 Å². The van der Waals surface area contributed by atoms with Gasteiger partial charge in [-0.2, -0.15) is 0 Å². The van der Waals surface area contributed by atoms with Crippen molar-refractivity contribution in [1.29, 1.82) is 0 Å². The van der Waals surface area contributed by atoms with Gasteiger partial charge in [0.1, 0.15) is 23.1 Å². The maximum absolute atomic E-state index is 13.4. The van der Waals surface area contributed by atoms with Gasteiger partial charge in [0, 0.05) is 31.7 Å². The van der Waals surface area contributed by atoms with Crippen molar-refractivity contribution in [2.75, 3.05) is 33.9 Å². The molecule has 0 aliphatic carbocycles. The van der Waals surface area contributed by atoms with E-state index in [1.54, 1.807) is 14.2 Å². The fraction of sp³-hybridized carbons (Fsp3) is 0.333. The number of ether oxygens (including phenoxy) is 3. The van der Waals surface area contributed by atoms with Gasteiger partial charge >= 0.3 is 0 Å². The van der Waals surface area contributed by atoms with Gasteiger partial charge < -0.3 is 14.2 Å². The first-order valence-electron chi connectivity index (χ1n) is 11.3. The van der Waals surface area contributed by atoms with Crippen molar-refractivity contribution in [2.45, 2.75) is 26.2 Å². The molecule has 3 aromatic rings. The van der Waals surface area contributed by atoms with Crippen molar-refractivity contribution in [3.8, 4) is 17.2 Å². The first kappa shape index (κ1) is 23.1. The van der Waals surface area contributed by atoms with Crippen LogP contribution in [0.5, 0.6) is 17.2 Å². The Labute approximate surface area is 195 Å². The summed E-state index contributed by atoms with van der Waals surface area (Å²) < 4.78 is 30.3. The zero-order chi connectivity index (χ0) is 23.2. The summed E-state index contributed by atoms with van der Waals surface area (Å²) in [6.45, 7) is 5.93. The van der Waals surface area contributed by atoms with E-state index in [0.717, 1.165) is 48.0 Å². The van der Waals surface area contributed by atoms with Gasteiger partial charge in [-0.3, -0.25) is 9.80 Å². The quantitative estimate of drug-likeness (QED) is 0.444. The summed E-state index contributed by atoms with van der Waals surface area (Å²) >= 11 is 0. The minimum absolute atomic E-state index is 0.00771. The minimum Gasteiger partial charge on any atom is -0.497 e.